The van der Waals surface area contributed by atoms with Crippen LogP contribution in [0.4, 0.5) is 19.0 Å². The second-order valence-corrected chi connectivity index (χ2v) is 8.55. The van der Waals surface area contributed by atoms with Crippen molar-refractivity contribution in [1.82, 2.24) is 19.1 Å². The highest BCUT2D eigenvalue weighted by Crippen LogP contribution is 2.36. The van der Waals surface area contributed by atoms with Crippen LogP contribution < -0.4 is 16.4 Å². The van der Waals surface area contributed by atoms with E-state index in [1.165, 1.54) is 12.1 Å². The van der Waals surface area contributed by atoms with Crippen molar-refractivity contribution in [1.29, 1.82) is 0 Å². The first-order valence-electron chi connectivity index (χ1n) is 11.2. The third-order valence-electron chi connectivity index (χ3n) is 6.19. The number of hydrogen-bond acceptors (Lipinski definition) is 5. The van der Waals surface area contributed by atoms with Crippen molar-refractivity contribution >= 4 is 5.82 Å². The molecule has 7 nitrogen and oxygen atoms in total. The molecule has 35 heavy (non-hydrogen) atoms. The molecule has 0 aliphatic carbocycles. The predicted octanol–water partition coefficient (Wildman–Crippen LogP) is 4.16. The van der Waals surface area contributed by atoms with E-state index in [-0.39, 0.29) is 5.56 Å². The van der Waals surface area contributed by atoms with Crippen molar-refractivity contribution in [3.8, 4) is 22.6 Å². The molecule has 1 aromatic carbocycles. The summed E-state index contributed by atoms with van der Waals surface area (Å²) in [7, 11) is 1.71. The molecule has 0 saturated carbocycles. The van der Waals surface area contributed by atoms with Crippen LogP contribution in [0.3, 0.4) is 0 Å². The van der Waals surface area contributed by atoms with E-state index in [4.69, 9.17) is 4.99 Å². The Labute approximate surface area is 199 Å². The summed E-state index contributed by atoms with van der Waals surface area (Å²) in [5.74, 6) is 2.03. The Balaban J connectivity index is 1.73. The Bertz CT molecular complexity index is 1540. The molecule has 3 aliphatic rings. The van der Waals surface area contributed by atoms with E-state index >= 15 is 0 Å². The molecule has 0 spiro atoms. The van der Waals surface area contributed by atoms with Crippen LogP contribution in [0.15, 0.2) is 58.3 Å². The summed E-state index contributed by atoms with van der Waals surface area (Å²) in [5, 5.41) is 3.38. The molecule has 4 heterocycles. The summed E-state index contributed by atoms with van der Waals surface area (Å²) in [6.45, 7) is 4.86. The van der Waals surface area contributed by atoms with Gasteiger partial charge in [-0.3, -0.25) is 9.79 Å². The van der Waals surface area contributed by atoms with E-state index in [9.17, 15) is 18.0 Å². The normalized spacial score (nSPS) is 14.7. The van der Waals surface area contributed by atoms with Gasteiger partial charge in [0.25, 0.3) is 5.56 Å². The quantitative estimate of drug-likeness (QED) is 0.478. The van der Waals surface area contributed by atoms with Gasteiger partial charge >= 0.3 is 6.18 Å². The minimum atomic E-state index is -4.43. The number of anilines is 1. The summed E-state index contributed by atoms with van der Waals surface area (Å²) in [6.07, 6.45) is -4.43. The van der Waals surface area contributed by atoms with Gasteiger partial charge in [0.1, 0.15) is 17.5 Å². The number of nitrogens with one attached hydrogen (secondary N) is 1. The fraction of sp³-hybridized carbons (Fsp3) is 0.280. The number of nitrogens with zero attached hydrogens (tertiary/aromatic N) is 5. The summed E-state index contributed by atoms with van der Waals surface area (Å²) >= 11 is 0. The summed E-state index contributed by atoms with van der Waals surface area (Å²) in [5.41, 5.74) is 2.15. The molecule has 10 heteroatoms. The minimum Gasteiger partial charge on any atom is -0.369 e. The van der Waals surface area contributed by atoms with E-state index in [1.807, 2.05) is 16.7 Å². The molecule has 5 rings (SSSR count). The largest absolute Gasteiger partial charge is 0.416 e. The standard InChI is InChI=1S/C25H23F3N6O/c1-14(16-6-4-7-17(12-16)25(26,27)28)30-22-19-13-18(20-8-5-9-21(35)33(20)3)23-29-10-11-34(23)24(19)32-15(2)31-22/h4-9,12-14,29H,10-11H2,1-3H3/t14-/m1/s1. The predicted molar refractivity (Wildman–Crippen MR) is 126 cm³/mol. The Kier molecular flexibility index (Phi) is 5.46. The number of pyridine rings is 2. The van der Waals surface area contributed by atoms with Gasteiger partial charge in [-0.05, 0) is 43.7 Å². The summed E-state index contributed by atoms with van der Waals surface area (Å²) in [4.78, 5) is 26.2. The van der Waals surface area contributed by atoms with Gasteiger partial charge < -0.3 is 14.5 Å². The van der Waals surface area contributed by atoms with Crippen molar-refractivity contribution < 1.29 is 13.2 Å². The first kappa shape index (κ1) is 22.8. The molecule has 0 saturated heterocycles. The molecule has 2 aromatic rings. The van der Waals surface area contributed by atoms with Gasteiger partial charge in [-0.15, -0.1) is 0 Å². The molecule has 3 aliphatic heterocycles. The van der Waals surface area contributed by atoms with Crippen LogP contribution in [0.1, 0.15) is 29.9 Å². The van der Waals surface area contributed by atoms with Crippen LogP contribution in [0.25, 0.3) is 22.6 Å². The molecule has 0 radical (unpaired) electrons. The number of benzene rings is 1. The zero-order chi connectivity index (χ0) is 24.9. The van der Waals surface area contributed by atoms with Gasteiger partial charge in [0.05, 0.1) is 22.9 Å². The number of fused-ring (bicyclic) bond motifs is 3. The highest BCUT2D eigenvalue weighted by Gasteiger charge is 2.31. The van der Waals surface area contributed by atoms with Crippen molar-refractivity contribution in [3.05, 3.63) is 81.3 Å². The summed E-state index contributed by atoms with van der Waals surface area (Å²) in [6, 6.07) is 11.6. The maximum atomic E-state index is 13.2. The average molecular weight is 480 g/mol. The molecule has 0 amide bonds. The summed E-state index contributed by atoms with van der Waals surface area (Å²) < 4.78 is 43.3. The van der Waals surface area contributed by atoms with Crippen LogP contribution in [0, 0.1) is 6.92 Å². The maximum Gasteiger partial charge on any atom is 0.416 e. The SMILES string of the molecule is Cc1nc2n3c(c(-c4cccc(=O)n4C)cc-2c(=N[C@H](C)c2cccc(C(F)(F)F)c2)n1)NCC3. The molecule has 0 unspecified atom stereocenters. The zero-order valence-corrected chi connectivity index (χ0v) is 19.4. The second-order valence-electron chi connectivity index (χ2n) is 8.55. The number of aromatic nitrogens is 4. The Hall–Kier alpha value is -3.95. The molecule has 1 N–H and O–H groups in total. The van der Waals surface area contributed by atoms with E-state index in [0.717, 1.165) is 29.2 Å². The van der Waals surface area contributed by atoms with Crippen LogP contribution in [-0.2, 0) is 19.8 Å². The molecule has 1 atom stereocenters. The highest BCUT2D eigenvalue weighted by atomic mass is 19.4. The third kappa shape index (κ3) is 4.09. The molecular weight excluding hydrogens is 457 g/mol. The van der Waals surface area contributed by atoms with Crippen molar-refractivity contribution in [2.45, 2.75) is 32.6 Å². The second kappa shape index (κ2) is 8.37. The van der Waals surface area contributed by atoms with E-state index in [0.29, 0.717) is 41.4 Å². The van der Waals surface area contributed by atoms with Gasteiger partial charge in [-0.25, -0.2) is 9.97 Å². The third-order valence-corrected chi connectivity index (χ3v) is 6.19. The number of aryl methyl sites for hydroxylation is 1. The first-order chi connectivity index (χ1) is 16.6. The number of halogens is 3. The lowest BCUT2D eigenvalue weighted by Gasteiger charge is -2.19. The van der Waals surface area contributed by atoms with Crippen molar-refractivity contribution in [2.24, 2.45) is 12.0 Å². The van der Waals surface area contributed by atoms with Gasteiger partial charge in [0, 0.05) is 31.8 Å². The van der Waals surface area contributed by atoms with Crippen LogP contribution in [0.2, 0.25) is 0 Å². The van der Waals surface area contributed by atoms with Gasteiger partial charge in [-0.2, -0.15) is 13.2 Å². The lowest BCUT2D eigenvalue weighted by atomic mass is 10.0. The molecule has 1 aromatic heterocycles. The number of rotatable bonds is 3. The average Bonchev–Trinajstić information content (AvgIpc) is 3.31. The van der Waals surface area contributed by atoms with E-state index in [2.05, 4.69) is 15.3 Å². The highest BCUT2D eigenvalue weighted by molar-refractivity contribution is 5.80. The Morgan fingerprint density at radius 2 is 1.86 bits per heavy atom. The van der Waals surface area contributed by atoms with E-state index < -0.39 is 17.8 Å². The lowest BCUT2D eigenvalue weighted by molar-refractivity contribution is -0.137. The van der Waals surface area contributed by atoms with Gasteiger partial charge in [-0.1, -0.05) is 18.2 Å². The van der Waals surface area contributed by atoms with Crippen LogP contribution in [-0.4, -0.2) is 25.6 Å². The van der Waals surface area contributed by atoms with Gasteiger partial charge in [0.2, 0.25) is 0 Å². The van der Waals surface area contributed by atoms with Crippen LogP contribution >= 0.6 is 0 Å². The topological polar surface area (TPSA) is 77.1 Å². The number of hydrogen-bond donors (Lipinski definition) is 1. The smallest absolute Gasteiger partial charge is 0.369 e. The molecular formula is C25H23F3N6O. The minimum absolute atomic E-state index is 0.137. The van der Waals surface area contributed by atoms with Crippen molar-refractivity contribution in [2.75, 3.05) is 11.9 Å². The maximum absolute atomic E-state index is 13.2. The number of alkyl halides is 3. The zero-order valence-electron chi connectivity index (χ0n) is 19.4. The Morgan fingerprint density at radius 1 is 1.09 bits per heavy atom. The first-order valence-corrected chi connectivity index (χ1v) is 11.2. The fourth-order valence-corrected chi connectivity index (χ4v) is 4.41. The molecule has 0 fully saturated rings. The van der Waals surface area contributed by atoms with E-state index in [1.54, 1.807) is 37.6 Å². The fourth-order valence-electron chi connectivity index (χ4n) is 4.41. The van der Waals surface area contributed by atoms with Gasteiger partial charge in [0.15, 0.2) is 5.49 Å². The van der Waals surface area contributed by atoms with Crippen molar-refractivity contribution in [3.63, 3.8) is 0 Å². The Morgan fingerprint density at radius 3 is 2.63 bits per heavy atom. The van der Waals surface area contributed by atoms with Crippen LogP contribution in [0.5, 0.6) is 0 Å². The lowest BCUT2D eigenvalue weighted by Crippen LogP contribution is -2.22. The molecule has 0 bridgehead atoms. The monoisotopic (exact) mass is 480 g/mol. The molecule has 180 valence electrons.